The first-order valence-electron chi connectivity index (χ1n) is 2.95. The van der Waals surface area contributed by atoms with Crippen LogP contribution in [0.5, 0.6) is 0 Å². The molecule has 11 heavy (non-hydrogen) atoms. The van der Waals surface area contributed by atoms with Crippen molar-refractivity contribution in [3.05, 3.63) is 35.2 Å². The summed E-state index contributed by atoms with van der Waals surface area (Å²) in [5.41, 5.74) is 0.967. The van der Waals surface area contributed by atoms with Crippen molar-refractivity contribution in [2.45, 2.75) is 0 Å². The number of fused-ring (bicyclic) bond motifs is 1. The van der Waals surface area contributed by atoms with Gasteiger partial charge in [-0.15, -0.1) is 12.4 Å². The molecule has 2 aromatic rings. The molecule has 0 radical (unpaired) electrons. The number of halogens is 2. The van der Waals surface area contributed by atoms with E-state index in [0.717, 1.165) is 10.3 Å². The van der Waals surface area contributed by atoms with Crippen LogP contribution in [-0.4, -0.2) is 9.38 Å². The highest BCUT2D eigenvalue weighted by molar-refractivity contribution is 9.10. The third-order valence-corrected chi connectivity index (χ3v) is 2.02. The van der Waals surface area contributed by atoms with Crippen LogP contribution in [0.4, 0.5) is 0 Å². The Morgan fingerprint density at radius 2 is 2.18 bits per heavy atom. The van der Waals surface area contributed by atoms with Gasteiger partial charge in [0.1, 0.15) is 5.65 Å². The molecule has 2 aromatic heterocycles. The average Bonchev–Trinajstić information content (AvgIpc) is 2.36. The maximum absolute atomic E-state index is 4.11. The number of nitrogens with zero attached hydrogens (tertiary/aromatic N) is 2. The number of hydrogen-bond acceptors (Lipinski definition) is 1. The molecular weight excluding hydrogens is 227 g/mol. The Morgan fingerprint density at radius 3 is 2.91 bits per heavy atom. The minimum absolute atomic E-state index is 0. The summed E-state index contributed by atoms with van der Waals surface area (Å²) in [7, 11) is 0. The van der Waals surface area contributed by atoms with Crippen LogP contribution in [0.25, 0.3) is 5.65 Å². The standard InChI is InChI=1S/C7H5BrN2.ClH/c8-6-2-1-3-7-9-4-5-10(6)7;/h1-5H;1H. The maximum atomic E-state index is 4.11. The van der Waals surface area contributed by atoms with Crippen molar-refractivity contribution in [2.75, 3.05) is 0 Å². The predicted octanol–water partition coefficient (Wildman–Crippen LogP) is 2.52. The second-order valence-corrected chi connectivity index (χ2v) is 2.82. The minimum Gasteiger partial charge on any atom is -0.294 e. The summed E-state index contributed by atoms with van der Waals surface area (Å²) in [6.45, 7) is 0. The zero-order valence-electron chi connectivity index (χ0n) is 5.57. The SMILES string of the molecule is Brc1cccc2nccn12.Cl. The summed E-state index contributed by atoms with van der Waals surface area (Å²) < 4.78 is 3.00. The fraction of sp³-hybridized carbons (Fsp3) is 0. The molecule has 0 amide bonds. The Bertz CT molecular complexity index is 358. The highest BCUT2D eigenvalue weighted by Crippen LogP contribution is 2.10. The normalized spacial score (nSPS) is 9.55. The molecule has 0 atom stereocenters. The summed E-state index contributed by atoms with van der Waals surface area (Å²) in [6.07, 6.45) is 3.69. The first-order chi connectivity index (χ1) is 4.88. The van der Waals surface area contributed by atoms with Crippen molar-refractivity contribution in [3.63, 3.8) is 0 Å². The Balaban J connectivity index is 0.000000605. The largest absolute Gasteiger partial charge is 0.294 e. The molecule has 2 rings (SSSR count). The molecule has 0 fully saturated rings. The van der Waals surface area contributed by atoms with Crippen molar-refractivity contribution < 1.29 is 0 Å². The van der Waals surface area contributed by atoms with Gasteiger partial charge in [0.2, 0.25) is 0 Å². The van der Waals surface area contributed by atoms with Crippen molar-refractivity contribution in [3.8, 4) is 0 Å². The van der Waals surface area contributed by atoms with Gasteiger partial charge in [0, 0.05) is 12.4 Å². The Labute approximate surface area is 78.8 Å². The monoisotopic (exact) mass is 232 g/mol. The van der Waals surface area contributed by atoms with Gasteiger partial charge < -0.3 is 0 Å². The van der Waals surface area contributed by atoms with E-state index in [9.17, 15) is 0 Å². The molecule has 0 aliphatic carbocycles. The average molecular weight is 233 g/mol. The predicted molar refractivity (Wildman–Crippen MR) is 50.1 cm³/mol. The highest BCUT2D eigenvalue weighted by Gasteiger charge is 1.93. The quantitative estimate of drug-likeness (QED) is 0.639. The van der Waals surface area contributed by atoms with Crippen molar-refractivity contribution in [1.82, 2.24) is 9.38 Å². The van der Waals surface area contributed by atoms with Gasteiger partial charge >= 0.3 is 0 Å². The van der Waals surface area contributed by atoms with E-state index in [-0.39, 0.29) is 12.4 Å². The first kappa shape index (κ1) is 8.56. The van der Waals surface area contributed by atoms with Gasteiger partial charge in [0.15, 0.2) is 0 Å². The molecule has 2 heterocycles. The molecule has 0 aliphatic heterocycles. The topological polar surface area (TPSA) is 17.3 Å². The summed E-state index contributed by atoms with van der Waals surface area (Å²) in [5.74, 6) is 0. The molecule has 0 saturated carbocycles. The van der Waals surface area contributed by atoms with Gasteiger partial charge in [-0.3, -0.25) is 4.40 Å². The third-order valence-electron chi connectivity index (χ3n) is 1.38. The Morgan fingerprint density at radius 1 is 1.36 bits per heavy atom. The van der Waals surface area contributed by atoms with Crippen LogP contribution in [-0.2, 0) is 0 Å². The fourth-order valence-corrected chi connectivity index (χ4v) is 1.37. The van der Waals surface area contributed by atoms with Crippen LogP contribution < -0.4 is 0 Å². The van der Waals surface area contributed by atoms with E-state index in [0.29, 0.717) is 0 Å². The first-order valence-corrected chi connectivity index (χ1v) is 3.75. The summed E-state index contributed by atoms with van der Waals surface area (Å²) in [5, 5.41) is 0. The molecule has 2 nitrogen and oxygen atoms in total. The van der Waals surface area contributed by atoms with Gasteiger partial charge in [0.05, 0.1) is 4.60 Å². The van der Waals surface area contributed by atoms with Crippen LogP contribution in [0, 0.1) is 0 Å². The molecule has 0 spiro atoms. The van der Waals surface area contributed by atoms with Crippen LogP contribution in [0.3, 0.4) is 0 Å². The molecule has 4 heteroatoms. The van der Waals surface area contributed by atoms with Gasteiger partial charge in [-0.05, 0) is 28.1 Å². The van der Waals surface area contributed by atoms with Crippen molar-refractivity contribution >= 4 is 34.0 Å². The minimum atomic E-state index is 0. The molecule has 58 valence electrons. The lowest BCUT2D eigenvalue weighted by Gasteiger charge is -1.93. The van der Waals surface area contributed by atoms with Crippen LogP contribution in [0.1, 0.15) is 0 Å². The molecule has 0 aromatic carbocycles. The van der Waals surface area contributed by atoms with E-state index in [4.69, 9.17) is 0 Å². The van der Waals surface area contributed by atoms with Crippen molar-refractivity contribution in [1.29, 1.82) is 0 Å². The molecule has 0 N–H and O–H groups in total. The van der Waals surface area contributed by atoms with Gasteiger partial charge in [-0.2, -0.15) is 0 Å². The van der Waals surface area contributed by atoms with E-state index < -0.39 is 0 Å². The van der Waals surface area contributed by atoms with Gasteiger partial charge in [-0.25, -0.2) is 4.98 Å². The summed E-state index contributed by atoms with van der Waals surface area (Å²) in [4.78, 5) is 4.11. The highest BCUT2D eigenvalue weighted by atomic mass is 79.9. The fourth-order valence-electron chi connectivity index (χ4n) is 0.913. The second kappa shape index (κ2) is 3.24. The molecule has 0 saturated heterocycles. The van der Waals surface area contributed by atoms with Crippen LogP contribution in [0.2, 0.25) is 0 Å². The smallest absolute Gasteiger partial charge is 0.137 e. The Kier molecular flexibility index (Phi) is 2.52. The summed E-state index contributed by atoms with van der Waals surface area (Å²) in [6, 6.07) is 5.91. The van der Waals surface area contributed by atoms with Crippen molar-refractivity contribution in [2.24, 2.45) is 0 Å². The lowest BCUT2D eigenvalue weighted by molar-refractivity contribution is 1.14. The number of imidazole rings is 1. The maximum Gasteiger partial charge on any atom is 0.137 e. The molecule has 0 bridgehead atoms. The van der Waals surface area contributed by atoms with Crippen LogP contribution >= 0.6 is 28.3 Å². The lowest BCUT2D eigenvalue weighted by atomic mass is 10.5. The Hall–Kier alpha value is -0.540. The van der Waals surface area contributed by atoms with E-state index >= 15 is 0 Å². The van der Waals surface area contributed by atoms with Gasteiger partial charge in [-0.1, -0.05) is 6.07 Å². The zero-order chi connectivity index (χ0) is 6.97. The second-order valence-electron chi connectivity index (χ2n) is 2.00. The molecular formula is C7H6BrClN2. The van der Waals surface area contributed by atoms with Gasteiger partial charge in [0.25, 0.3) is 0 Å². The lowest BCUT2D eigenvalue weighted by Crippen LogP contribution is -1.82. The zero-order valence-corrected chi connectivity index (χ0v) is 7.97. The third kappa shape index (κ3) is 1.39. The summed E-state index contributed by atoms with van der Waals surface area (Å²) >= 11 is 3.40. The van der Waals surface area contributed by atoms with E-state index in [2.05, 4.69) is 20.9 Å². The van der Waals surface area contributed by atoms with E-state index in [1.807, 2.05) is 28.8 Å². The van der Waals surface area contributed by atoms with Crippen LogP contribution in [0.15, 0.2) is 35.2 Å². The number of hydrogen-bond donors (Lipinski definition) is 0. The molecule has 0 aliphatic rings. The number of aromatic nitrogens is 2. The number of rotatable bonds is 0. The van der Waals surface area contributed by atoms with E-state index in [1.54, 1.807) is 6.20 Å². The van der Waals surface area contributed by atoms with E-state index in [1.165, 1.54) is 0 Å². The molecule has 0 unspecified atom stereocenters. The number of pyridine rings is 1.